The SMILES string of the molecule is N#C/C(=C\c1cc(Cl)c2c(c1)OCCCO2)C(=O)c1ccccc1F. The van der Waals surface area contributed by atoms with E-state index in [1.165, 1.54) is 30.3 Å². The summed E-state index contributed by atoms with van der Waals surface area (Å²) in [6, 6.07) is 10.6. The Labute approximate surface area is 149 Å². The fourth-order valence-electron chi connectivity index (χ4n) is 2.44. The number of hydrogen-bond acceptors (Lipinski definition) is 4. The number of ether oxygens (including phenoxy) is 2. The topological polar surface area (TPSA) is 59.3 Å². The molecule has 0 bridgehead atoms. The van der Waals surface area contributed by atoms with Gasteiger partial charge in [-0.25, -0.2) is 4.39 Å². The Morgan fingerprint density at radius 3 is 2.76 bits per heavy atom. The molecule has 1 aliphatic heterocycles. The third kappa shape index (κ3) is 3.65. The molecule has 1 heterocycles. The molecular weight excluding hydrogens is 345 g/mol. The molecule has 2 aromatic carbocycles. The third-order valence-corrected chi connectivity index (χ3v) is 3.90. The van der Waals surface area contributed by atoms with Crippen LogP contribution in [-0.4, -0.2) is 19.0 Å². The number of allylic oxidation sites excluding steroid dienone is 1. The van der Waals surface area contributed by atoms with E-state index >= 15 is 0 Å². The van der Waals surface area contributed by atoms with E-state index in [1.807, 2.05) is 6.07 Å². The van der Waals surface area contributed by atoms with Gasteiger partial charge in [-0.2, -0.15) is 5.26 Å². The van der Waals surface area contributed by atoms with E-state index < -0.39 is 11.6 Å². The van der Waals surface area contributed by atoms with Crippen LogP contribution in [0.2, 0.25) is 5.02 Å². The number of Topliss-reactive ketones (excluding diaryl/α,β-unsaturated/α-hetero) is 1. The van der Waals surface area contributed by atoms with Crippen molar-refractivity contribution in [3.8, 4) is 17.6 Å². The Balaban J connectivity index is 1.99. The Hall–Kier alpha value is -2.84. The van der Waals surface area contributed by atoms with E-state index in [1.54, 1.807) is 12.1 Å². The van der Waals surface area contributed by atoms with E-state index in [-0.39, 0.29) is 11.1 Å². The normalized spacial score (nSPS) is 13.7. The van der Waals surface area contributed by atoms with Crippen LogP contribution in [-0.2, 0) is 0 Å². The number of fused-ring (bicyclic) bond motifs is 1. The highest BCUT2D eigenvalue weighted by Gasteiger charge is 2.18. The van der Waals surface area contributed by atoms with Crippen LogP contribution < -0.4 is 9.47 Å². The molecule has 0 amide bonds. The Bertz CT molecular complexity index is 902. The van der Waals surface area contributed by atoms with Gasteiger partial charge in [-0.3, -0.25) is 4.79 Å². The molecule has 0 saturated carbocycles. The maximum Gasteiger partial charge on any atom is 0.206 e. The van der Waals surface area contributed by atoms with Crippen molar-refractivity contribution in [3.05, 3.63) is 63.9 Å². The predicted molar refractivity (Wildman–Crippen MR) is 91.4 cm³/mol. The molecular formula is C19H13ClFNO3. The summed E-state index contributed by atoms with van der Waals surface area (Å²) < 4.78 is 24.9. The number of ketones is 1. The van der Waals surface area contributed by atoms with Crippen LogP contribution in [0.15, 0.2) is 42.0 Å². The molecule has 0 saturated heterocycles. The number of carbonyl (C=O) groups excluding carboxylic acids is 1. The van der Waals surface area contributed by atoms with Gasteiger partial charge < -0.3 is 9.47 Å². The van der Waals surface area contributed by atoms with Crippen LogP contribution in [0.5, 0.6) is 11.5 Å². The summed E-state index contributed by atoms with van der Waals surface area (Å²) in [5.41, 5.74) is 0.141. The van der Waals surface area contributed by atoms with Gasteiger partial charge in [0.2, 0.25) is 5.78 Å². The van der Waals surface area contributed by atoms with Crippen molar-refractivity contribution < 1.29 is 18.7 Å². The number of nitriles is 1. The van der Waals surface area contributed by atoms with Gasteiger partial charge in [-0.1, -0.05) is 23.7 Å². The fourth-order valence-corrected chi connectivity index (χ4v) is 2.71. The molecule has 0 N–H and O–H groups in total. The molecule has 1 aliphatic rings. The van der Waals surface area contributed by atoms with Crippen LogP contribution >= 0.6 is 11.6 Å². The lowest BCUT2D eigenvalue weighted by Gasteiger charge is -2.10. The molecule has 6 heteroatoms. The van der Waals surface area contributed by atoms with Crippen molar-refractivity contribution >= 4 is 23.5 Å². The predicted octanol–water partition coefficient (Wildman–Crippen LogP) is 4.43. The van der Waals surface area contributed by atoms with Crippen LogP contribution in [0.1, 0.15) is 22.3 Å². The van der Waals surface area contributed by atoms with Crippen LogP contribution in [0.4, 0.5) is 4.39 Å². The lowest BCUT2D eigenvalue weighted by atomic mass is 10.0. The zero-order chi connectivity index (χ0) is 17.8. The van der Waals surface area contributed by atoms with E-state index in [9.17, 15) is 14.4 Å². The quantitative estimate of drug-likeness (QED) is 0.463. The van der Waals surface area contributed by atoms with E-state index in [2.05, 4.69) is 0 Å². The minimum Gasteiger partial charge on any atom is -0.489 e. The van der Waals surface area contributed by atoms with Crippen molar-refractivity contribution in [2.45, 2.75) is 6.42 Å². The first-order chi connectivity index (χ1) is 12.1. The standard InChI is InChI=1S/C19H13ClFNO3/c20-15-9-12(10-17-19(15)25-7-3-6-24-17)8-13(11-22)18(23)14-4-1-2-5-16(14)21/h1-2,4-5,8-10H,3,6-7H2/b13-8+. The van der Waals surface area contributed by atoms with E-state index in [0.29, 0.717) is 35.3 Å². The lowest BCUT2D eigenvalue weighted by Crippen LogP contribution is -2.04. The van der Waals surface area contributed by atoms with E-state index in [4.69, 9.17) is 21.1 Å². The van der Waals surface area contributed by atoms with E-state index in [0.717, 1.165) is 6.42 Å². The van der Waals surface area contributed by atoms with Crippen molar-refractivity contribution in [3.63, 3.8) is 0 Å². The van der Waals surface area contributed by atoms with Gasteiger partial charge in [0.1, 0.15) is 17.5 Å². The minimum absolute atomic E-state index is 0.157. The molecule has 25 heavy (non-hydrogen) atoms. The molecule has 0 radical (unpaired) electrons. The first kappa shape index (κ1) is 17.0. The summed E-state index contributed by atoms with van der Waals surface area (Å²) >= 11 is 6.21. The molecule has 0 aromatic heterocycles. The van der Waals surface area contributed by atoms with Crippen LogP contribution in [0, 0.1) is 17.1 Å². The van der Waals surface area contributed by atoms with Crippen molar-refractivity contribution in [1.82, 2.24) is 0 Å². The second-order valence-corrected chi connectivity index (χ2v) is 5.77. The first-order valence-corrected chi connectivity index (χ1v) is 7.98. The average molecular weight is 358 g/mol. The number of halogens is 2. The fraction of sp³-hybridized carbons (Fsp3) is 0.158. The highest BCUT2D eigenvalue weighted by molar-refractivity contribution is 6.32. The zero-order valence-electron chi connectivity index (χ0n) is 13.1. The van der Waals surface area contributed by atoms with Crippen LogP contribution in [0.3, 0.4) is 0 Å². The molecule has 126 valence electrons. The Morgan fingerprint density at radius 2 is 2.00 bits per heavy atom. The summed E-state index contributed by atoms with van der Waals surface area (Å²) in [5, 5.41) is 9.63. The summed E-state index contributed by atoms with van der Waals surface area (Å²) in [7, 11) is 0. The average Bonchev–Trinajstić information content (AvgIpc) is 2.85. The van der Waals surface area contributed by atoms with Gasteiger partial charge in [0.25, 0.3) is 0 Å². The van der Waals surface area contributed by atoms with Crippen molar-refractivity contribution in [2.24, 2.45) is 0 Å². The van der Waals surface area contributed by atoms with Crippen molar-refractivity contribution in [2.75, 3.05) is 13.2 Å². The summed E-state index contributed by atoms with van der Waals surface area (Å²) in [6.45, 7) is 0.979. The zero-order valence-corrected chi connectivity index (χ0v) is 13.8. The molecule has 3 rings (SSSR count). The van der Waals surface area contributed by atoms with Gasteiger partial charge in [-0.15, -0.1) is 0 Å². The summed E-state index contributed by atoms with van der Waals surface area (Å²) in [4.78, 5) is 12.4. The first-order valence-electron chi connectivity index (χ1n) is 7.60. The highest BCUT2D eigenvalue weighted by Crippen LogP contribution is 2.38. The number of nitrogens with zero attached hydrogens (tertiary/aromatic N) is 1. The van der Waals surface area contributed by atoms with Gasteiger partial charge in [-0.05, 0) is 35.9 Å². The number of carbonyl (C=O) groups is 1. The largest absolute Gasteiger partial charge is 0.489 e. The van der Waals surface area contributed by atoms with Gasteiger partial charge in [0.05, 0.1) is 23.8 Å². The lowest BCUT2D eigenvalue weighted by molar-refractivity contribution is 0.103. The number of benzene rings is 2. The van der Waals surface area contributed by atoms with Gasteiger partial charge >= 0.3 is 0 Å². The number of rotatable bonds is 3. The molecule has 0 spiro atoms. The Morgan fingerprint density at radius 1 is 1.24 bits per heavy atom. The summed E-state index contributed by atoms with van der Waals surface area (Å²) in [5.74, 6) is -0.476. The van der Waals surface area contributed by atoms with Gasteiger partial charge in [0, 0.05) is 6.42 Å². The molecule has 0 atom stereocenters. The van der Waals surface area contributed by atoms with Gasteiger partial charge in [0.15, 0.2) is 11.5 Å². The molecule has 4 nitrogen and oxygen atoms in total. The third-order valence-electron chi connectivity index (χ3n) is 3.62. The molecule has 2 aromatic rings. The second-order valence-electron chi connectivity index (χ2n) is 5.36. The highest BCUT2D eigenvalue weighted by atomic mass is 35.5. The smallest absolute Gasteiger partial charge is 0.206 e. The summed E-state index contributed by atoms with van der Waals surface area (Å²) in [6.07, 6.45) is 2.08. The minimum atomic E-state index is -0.691. The second kappa shape index (κ2) is 7.37. The molecule has 0 fully saturated rings. The molecule has 0 unspecified atom stereocenters. The Kier molecular flexibility index (Phi) is 5.01. The maximum absolute atomic E-state index is 13.8. The monoisotopic (exact) mass is 357 g/mol. The number of hydrogen-bond donors (Lipinski definition) is 0. The molecule has 0 aliphatic carbocycles. The van der Waals surface area contributed by atoms with Crippen molar-refractivity contribution in [1.29, 1.82) is 5.26 Å². The van der Waals surface area contributed by atoms with Crippen LogP contribution in [0.25, 0.3) is 6.08 Å². The maximum atomic E-state index is 13.8.